The highest BCUT2D eigenvalue weighted by Gasteiger charge is 1.94. The van der Waals surface area contributed by atoms with Crippen LogP contribution in [0.3, 0.4) is 0 Å². The third-order valence-corrected chi connectivity index (χ3v) is 1.62. The van der Waals surface area contributed by atoms with E-state index in [1.807, 2.05) is 13.8 Å². The SMILES string of the molecule is C1CCOC1.CCC(=O)CC. The number of ether oxygens (including phenoxy) is 1. The molecule has 0 spiro atoms. The van der Waals surface area contributed by atoms with Gasteiger partial charge in [0.2, 0.25) is 0 Å². The average Bonchev–Trinajstić information content (AvgIpc) is 2.60. The summed E-state index contributed by atoms with van der Waals surface area (Å²) in [5.74, 6) is 0.343. The molecule has 0 unspecified atom stereocenters. The predicted octanol–water partition coefficient (Wildman–Crippen LogP) is 2.17. The summed E-state index contributed by atoms with van der Waals surface area (Å²) in [5.41, 5.74) is 0. The fourth-order valence-electron chi connectivity index (χ4n) is 0.760. The van der Waals surface area contributed by atoms with Crippen LogP contribution in [-0.2, 0) is 9.53 Å². The van der Waals surface area contributed by atoms with Crippen molar-refractivity contribution in [1.82, 2.24) is 0 Å². The highest BCUT2D eigenvalue weighted by molar-refractivity contribution is 5.77. The lowest BCUT2D eigenvalue weighted by atomic mass is 10.3. The third kappa shape index (κ3) is 7.53. The standard InChI is InChI=1S/C5H10O.C4H8O/c1-3-5(6)4-2;1-2-4-5-3-1/h3-4H2,1-2H3;1-4H2. The molecule has 66 valence electrons. The maximum absolute atomic E-state index is 10.2. The summed E-state index contributed by atoms with van der Waals surface area (Å²) >= 11 is 0. The summed E-state index contributed by atoms with van der Waals surface area (Å²) in [6.45, 7) is 5.76. The molecule has 0 saturated carbocycles. The minimum absolute atomic E-state index is 0.343. The second kappa shape index (κ2) is 7.73. The van der Waals surface area contributed by atoms with Gasteiger partial charge in [-0.2, -0.15) is 0 Å². The Hall–Kier alpha value is -0.370. The molecular weight excluding hydrogens is 140 g/mol. The molecule has 1 aliphatic rings. The van der Waals surface area contributed by atoms with Crippen LogP contribution < -0.4 is 0 Å². The van der Waals surface area contributed by atoms with E-state index in [9.17, 15) is 4.79 Å². The zero-order valence-corrected chi connectivity index (χ0v) is 7.56. The molecule has 1 rings (SSSR count). The molecule has 0 amide bonds. The van der Waals surface area contributed by atoms with Crippen LogP contribution in [0, 0.1) is 0 Å². The van der Waals surface area contributed by atoms with Crippen LogP contribution in [-0.4, -0.2) is 19.0 Å². The van der Waals surface area contributed by atoms with Crippen LogP contribution in [0.2, 0.25) is 0 Å². The van der Waals surface area contributed by atoms with Gasteiger partial charge < -0.3 is 4.74 Å². The van der Waals surface area contributed by atoms with E-state index in [0.717, 1.165) is 13.2 Å². The van der Waals surface area contributed by atoms with Crippen LogP contribution >= 0.6 is 0 Å². The maximum atomic E-state index is 10.2. The van der Waals surface area contributed by atoms with Crippen LogP contribution in [0.15, 0.2) is 0 Å². The average molecular weight is 158 g/mol. The highest BCUT2D eigenvalue weighted by Crippen LogP contribution is 1.98. The van der Waals surface area contributed by atoms with E-state index in [-0.39, 0.29) is 0 Å². The van der Waals surface area contributed by atoms with Gasteiger partial charge in [0, 0.05) is 26.1 Å². The van der Waals surface area contributed by atoms with Crippen molar-refractivity contribution in [1.29, 1.82) is 0 Å². The largest absolute Gasteiger partial charge is 0.381 e. The number of hydrogen-bond acceptors (Lipinski definition) is 2. The normalized spacial score (nSPS) is 15.5. The summed E-state index contributed by atoms with van der Waals surface area (Å²) in [6.07, 6.45) is 3.94. The quantitative estimate of drug-likeness (QED) is 0.615. The fourth-order valence-corrected chi connectivity index (χ4v) is 0.760. The number of ketones is 1. The molecule has 0 aliphatic carbocycles. The third-order valence-electron chi connectivity index (χ3n) is 1.62. The maximum Gasteiger partial charge on any atom is 0.132 e. The van der Waals surface area contributed by atoms with E-state index in [2.05, 4.69) is 0 Å². The zero-order chi connectivity index (χ0) is 8.53. The van der Waals surface area contributed by atoms with Gasteiger partial charge in [-0.05, 0) is 12.8 Å². The summed E-state index contributed by atoms with van der Waals surface area (Å²) in [5, 5.41) is 0. The lowest BCUT2D eigenvalue weighted by Gasteiger charge is -1.81. The van der Waals surface area contributed by atoms with Crippen molar-refractivity contribution in [2.24, 2.45) is 0 Å². The van der Waals surface area contributed by atoms with Crippen molar-refractivity contribution in [3.63, 3.8) is 0 Å². The topological polar surface area (TPSA) is 26.3 Å². The number of rotatable bonds is 2. The van der Waals surface area contributed by atoms with Gasteiger partial charge in [0.05, 0.1) is 0 Å². The van der Waals surface area contributed by atoms with E-state index in [1.54, 1.807) is 0 Å². The van der Waals surface area contributed by atoms with Gasteiger partial charge in [0.15, 0.2) is 0 Å². The van der Waals surface area contributed by atoms with E-state index < -0.39 is 0 Å². The Morgan fingerprint density at radius 1 is 1.18 bits per heavy atom. The van der Waals surface area contributed by atoms with Gasteiger partial charge >= 0.3 is 0 Å². The molecule has 0 bridgehead atoms. The highest BCUT2D eigenvalue weighted by atomic mass is 16.5. The second-order valence-corrected chi connectivity index (χ2v) is 2.57. The first kappa shape index (κ1) is 10.6. The molecule has 1 aliphatic heterocycles. The van der Waals surface area contributed by atoms with Gasteiger partial charge in [-0.1, -0.05) is 13.8 Å². The lowest BCUT2D eigenvalue weighted by molar-refractivity contribution is -0.118. The molecule has 2 nitrogen and oxygen atoms in total. The van der Waals surface area contributed by atoms with E-state index in [4.69, 9.17) is 4.74 Å². The van der Waals surface area contributed by atoms with Crippen molar-refractivity contribution < 1.29 is 9.53 Å². The lowest BCUT2D eigenvalue weighted by Crippen LogP contribution is -1.88. The van der Waals surface area contributed by atoms with E-state index >= 15 is 0 Å². The molecule has 1 heterocycles. The van der Waals surface area contributed by atoms with Crippen LogP contribution in [0.25, 0.3) is 0 Å². The molecule has 1 fully saturated rings. The van der Waals surface area contributed by atoms with Crippen LogP contribution in [0.1, 0.15) is 39.5 Å². The molecular formula is C9H18O2. The molecule has 2 heteroatoms. The summed E-state index contributed by atoms with van der Waals surface area (Å²) in [4.78, 5) is 10.2. The summed E-state index contributed by atoms with van der Waals surface area (Å²) < 4.78 is 4.94. The number of Topliss-reactive ketones (excluding diaryl/α,β-unsaturated/α-hetero) is 1. The Morgan fingerprint density at radius 2 is 1.64 bits per heavy atom. The Morgan fingerprint density at radius 3 is 1.73 bits per heavy atom. The van der Waals surface area contributed by atoms with Crippen LogP contribution in [0.4, 0.5) is 0 Å². The van der Waals surface area contributed by atoms with Crippen molar-refractivity contribution in [2.75, 3.05) is 13.2 Å². The smallest absolute Gasteiger partial charge is 0.132 e. The van der Waals surface area contributed by atoms with Gasteiger partial charge in [-0.25, -0.2) is 0 Å². The summed E-state index contributed by atoms with van der Waals surface area (Å²) in [7, 11) is 0. The molecule has 0 atom stereocenters. The molecule has 0 N–H and O–H groups in total. The monoisotopic (exact) mass is 158 g/mol. The Bertz CT molecular complexity index is 82.1. The first-order chi connectivity index (χ1) is 5.31. The summed E-state index contributed by atoms with van der Waals surface area (Å²) in [6, 6.07) is 0. The fraction of sp³-hybridized carbons (Fsp3) is 0.889. The Labute approximate surface area is 68.9 Å². The van der Waals surface area contributed by atoms with Gasteiger partial charge in [-0.15, -0.1) is 0 Å². The van der Waals surface area contributed by atoms with E-state index in [0.29, 0.717) is 18.6 Å². The van der Waals surface area contributed by atoms with Crippen molar-refractivity contribution in [3.05, 3.63) is 0 Å². The molecule has 0 radical (unpaired) electrons. The predicted molar refractivity (Wildman–Crippen MR) is 45.6 cm³/mol. The number of carbonyl (C=O) groups is 1. The zero-order valence-electron chi connectivity index (χ0n) is 7.56. The van der Waals surface area contributed by atoms with E-state index in [1.165, 1.54) is 12.8 Å². The minimum atomic E-state index is 0.343. The van der Waals surface area contributed by atoms with Gasteiger partial charge in [-0.3, -0.25) is 4.79 Å². The first-order valence-corrected chi connectivity index (χ1v) is 4.40. The number of hydrogen-bond donors (Lipinski definition) is 0. The van der Waals surface area contributed by atoms with Gasteiger partial charge in [0.25, 0.3) is 0 Å². The molecule has 1 saturated heterocycles. The first-order valence-electron chi connectivity index (χ1n) is 4.40. The molecule has 0 aromatic carbocycles. The van der Waals surface area contributed by atoms with Crippen molar-refractivity contribution >= 4 is 5.78 Å². The van der Waals surface area contributed by atoms with Crippen molar-refractivity contribution in [2.45, 2.75) is 39.5 Å². The van der Waals surface area contributed by atoms with Crippen LogP contribution in [0.5, 0.6) is 0 Å². The Kier molecular flexibility index (Phi) is 7.47. The molecule has 0 aromatic rings. The van der Waals surface area contributed by atoms with Crippen molar-refractivity contribution in [3.8, 4) is 0 Å². The second-order valence-electron chi connectivity index (χ2n) is 2.57. The van der Waals surface area contributed by atoms with Gasteiger partial charge in [0.1, 0.15) is 5.78 Å². The Balaban J connectivity index is 0.000000183. The minimum Gasteiger partial charge on any atom is -0.381 e. The number of carbonyl (C=O) groups excluding carboxylic acids is 1. The molecule has 11 heavy (non-hydrogen) atoms. The molecule has 0 aromatic heterocycles.